The van der Waals surface area contributed by atoms with Crippen LogP contribution in [0.4, 0.5) is 10.1 Å². The zero-order chi connectivity index (χ0) is 13.9. The summed E-state index contributed by atoms with van der Waals surface area (Å²) in [6.07, 6.45) is -3.35. The van der Waals surface area contributed by atoms with Crippen LogP contribution >= 0.6 is 0 Å². The second-order valence-corrected chi connectivity index (χ2v) is 3.85. The molecule has 0 aliphatic carbocycles. The topological polar surface area (TPSA) is 92.8 Å². The summed E-state index contributed by atoms with van der Waals surface area (Å²) in [5.41, 5.74) is 6.16. The molecule has 2 atom stereocenters. The largest absolute Gasteiger partial charge is 0.464 e. The van der Waals surface area contributed by atoms with E-state index in [0.29, 0.717) is 5.56 Å². The van der Waals surface area contributed by atoms with Crippen LogP contribution in [0.15, 0.2) is 12.1 Å². The fraction of sp³-hybridized carbons (Fsp3) is 0.417. The van der Waals surface area contributed by atoms with Gasteiger partial charge in [0.05, 0.1) is 6.61 Å². The predicted molar refractivity (Wildman–Crippen MR) is 63.1 cm³/mol. The summed E-state index contributed by atoms with van der Waals surface area (Å²) in [5, 5.41) is 19.4. The van der Waals surface area contributed by atoms with Crippen molar-refractivity contribution in [2.75, 3.05) is 12.3 Å². The Hall–Kier alpha value is -1.66. The Balaban J connectivity index is 3.03. The van der Waals surface area contributed by atoms with Gasteiger partial charge in [0, 0.05) is 5.69 Å². The second kappa shape index (κ2) is 5.79. The number of hydrogen-bond donors (Lipinski definition) is 3. The summed E-state index contributed by atoms with van der Waals surface area (Å²) < 4.78 is 17.8. The molecule has 5 nitrogen and oxygen atoms in total. The molecule has 0 amide bonds. The van der Waals surface area contributed by atoms with Crippen LogP contribution in [-0.2, 0) is 9.53 Å². The molecule has 0 aliphatic heterocycles. The molecule has 0 heterocycles. The number of aliphatic hydroxyl groups is 2. The van der Waals surface area contributed by atoms with Gasteiger partial charge in [-0.05, 0) is 37.1 Å². The quantitative estimate of drug-likeness (QED) is 0.544. The van der Waals surface area contributed by atoms with Crippen LogP contribution in [-0.4, -0.2) is 28.9 Å². The molecule has 1 aromatic rings. The normalized spacial score (nSPS) is 14.1. The van der Waals surface area contributed by atoms with Gasteiger partial charge >= 0.3 is 5.97 Å². The minimum Gasteiger partial charge on any atom is -0.464 e. The number of ether oxygens (including phenoxy) is 1. The van der Waals surface area contributed by atoms with E-state index < -0.39 is 24.0 Å². The first-order chi connectivity index (χ1) is 8.38. The van der Waals surface area contributed by atoms with Crippen LogP contribution in [0.3, 0.4) is 0 Å². The molecule has 6 heteroatoms. The standard InChI is InChI=1S/C12H16FNO4/c1-3-18-12(17)11(16)10(15)8-4-7(13)5-9(14)6(8)2/h4-5,10-11,15-16H,3,14H2,1-2H3. The smallest absolute Gasteiger partial charge is 0.338 e. The van der Waals surface area contributed by atoms with Crippen molar-refractivity contribution in [3.05, 3.63) is 29.1 Å². The van der Waals surface area contributed by atoms with Crippen molar-refractivity contribution in [3.8, 4) is 0 Å². The molecule has 4 N–H and O–H groups in total. The highest BCUT2D eigenvalue weighted by Crippen LogP contribution is 2.26. The molecule has 18 heavy (non-hydrogen) atoms. The first-order valence-corrected chi connectivity index (χ1v) is 5.46. The number of esters is 1. The van der Waals surface area contributed by atoms with Gasteiger partial charge in [-0.2, -0.15) is 0 Å². The highest BCUT2D eigenvalue weighted by Gasteiger charge is 2.28. The van der Waals surface area contributed by atoms with Gasteiger partial charge < -0.3 is 20.7 Å². The molecule has 0 saturated heterocycles. The molecule has 0 aliphatic rings. The second-order valence-electron chi connectivity index (χ2n) is 3.85. The zero-order valence-electron chi connectivity index (χ0n) is 10.2. The molecular formula is C12H16FNO4. The molecule has 1 rings (SSSR count). The van der Waals surface area contributed by atoms with Gasteiger partial charge in [0.2, 0.25) is 0 Å². The Bertz CT molecular complexity index is 450. The van der Waals surface area contributed by atoms with E-state index in [2.05, 4.69) is 4.74 Å². The van der Waals surface area contributed by atoms with Gasteiger partial charge in [-0.3, -0.25) is 0 Å². The number of carbonyl (C=O) groups excluding carboxylic acids is 1. The molecular weight excluding hydrogens is 241 g/mol. The lowest BCUT2D eigenvalue weighted by molar-refractivity contribution is -0.159. The van der Waals surface area contributed by atoms with Crippen LogP contribution in [0, 0.1) is 12.7 Å². The van der Waals surface area contributed by atoms with E-state index in [1.807, 2.05) is 0 Å². The number of nitrogen functional groups attached to an aromatic ring is 1. The number of nitrogens with two attached hydrogens (primary N) is 1. The third-order valence-corrected chi connectivity index (χ3v) is 2.60. The van der Waals surface area contributed by atoms with Crippen LogP contribution in [0.1, 0.15) is 24.2 Å². The molecule has 0 spiro atoms. The third kappa shape index (κ3) is 2.96. The number of anilines is 1. The number of halogens is 1. The van der Waals surface area contributed by atoms with E-state index >= 15 is 0 Å². The number of hydrogen-bond acceptors (Lipinski definition) is 5. The summed E-state index contributed by atoms with van der Waals surface area (Å²) in [5.74, 6) is -1.62. The molecule has 0 fully saturated rings. The van der Waals surface area contributed by atoms with Crippen LogP contribution in [0.2, 0.25) is 0 Å². The number of carbonyl (C=O) groups is 1. The van der Waals surface area contributed by atoms with Gasteiger partial charge in [-0.1, -0.05) is 0 Å². The van der Waals surface area contributed by atoms with Crippen molar-refractivity contribution < 1.29 is 24.1 Å². The maximum absolute atomic E-state index is 13.2. The van der Waals surface area contributed by atoms with E-state index in [0.717, 1.165) is 12.1 Å². The van der Waals surface area contributed by atoms with Crippen molar-refractivity contribution in [3.63, 3.8) is 0 Å². The Morgan fingerprint density at radius 2 is 2.11 bits per heavy atom. The molecule has 2 unspecified atom stereocenters. The lowest BCUT2D eigenvalue weighted by atomic mass is 9.98. The highest BCUT2D eigenvalue weighted by atomic mass is 19.1. The number of aliphatic hydroxyl groups excluding tert-OH is 2. The van der Waals surface area contributed by atoms with Gasteiger partial charge in [0.25, 0.3) is 0 Å². The Kier molecular flexibility index (Phi) is 4.63. The molecule has 100 valence electrons. The van der Waals surface area contributed by atoms with Crippen LogP contribution < -0.4 is 5.73 Å². The maximum Gasteiger partial charge on any atom is 0.338 e. The average molecular weight is 257 g/mol. The molecule has 0 radical (unpaired) electrons. The van der Waals surface area contributed by atoms with E-state index in [1.54, 1.807) is 13.8 Å². The molecule has 1 aromatic carbocycles. The molecule has 0 bridgehead atoms. The summed E-state index contributed by atoms with van der Waals surface area (Å²) >= 11 is 0. The zero-order valence-corrected chi connectivity index (χ0v) is 10.2. The van der Waals surface area contributed by atoms with E-state index in [-0.39, 0.29) is 17.9 Å². The summed E-state index contributed by atoms with van der Waals surface area (Å²) in [4.78, 5) is 11.3. The van der Waals surface area contributed by atoms with Gasteiger partial charge in [0.1, 0.15) is 11.9 Å². The van der Waals surface area contributed by atoms with Gasteiger partial charge in [0.15, 0.2) is 6.10 Å². The van der Waals surface area contributed by atoms with Gasteiger partial charge in [-0.25, -0.2) is 9.18 Å². The van der Waals surface area contributed by atoms with Crippen molar-refractivity contribution in [1.82, 2.24) is 0 Å². The minimum absolute atomic E-state index is 0.0630. The monoisotopic (exact) mass is 257 g/mol. The summed E-state index contributed by atoms with van der Waals surface area (Å²) in [7, 11) is 0. The lowest BCUT2D eigenvalue weighted by Crippen LogP contribution is -2.30. The minimum atomic E-state index is -1.77. The van der Waals surface area contributed by atoms with Crippen molar-refractivity contribution >= 4 is 11.7 Å². The summed E-state index contributed by atoms with van der Waals surface area (Å²) in [6, 6.07) is 2.13. The maximum atomic E-state index is 13.2. The molecule has 0 aromatic heterocycles. The predicted octanol–water partition coefficient (Wildman–Crippen LogP) is 0.674. The fourth-order valence-corrected chi connectivity index (χ4v) is 1.56. The lowest BCUT2D eigenvalue weighted by Gasteiger charge is -2.19. The van der Waals surface area contributed by atoms with Gasteiger partial charge in [-0.15, -0.1) is 0 Å². The molecule has 0 saturated carbocycles. The SMILES string of the molecule is CCOC(=O)C(O)C(O)c1cc(F)cc(N)c1C. The van der Waals surface area contributed by atoms with Crippen molar-refractivity contribution in [2.24, 2.45) is 0 Å². The summed E-state index contributed by atoms with van der Waals surface area (Å²) in [6.45, 7) is 3.21. The number of rotatable bonds is 4. The third-order valence-electron chi connectivity index (χ3n) is 2.60. The fourth-order valence-electron chi connectivity index (χ4n) is 1.56. The van der Waals surface area contributed by atoms with Crippen molar-refractivity contribution in [1.29, 1.82) is 0 Å². The van der Waals surface area contributed by atoms with Crippen molar-refractivity contribution in [2.45, 2.75) is 26.1 Å². The van der Waals surface area contributed by atoms with E-state index in [1.165, 1.54) is 0 Å². The highest BCUT2D eigenvalue weighted by molar-refractivity contribution is 5.75. The Morgan fingerprint density at radius 3 is 2.67 bits per heavy atom. The number of benzene rings is 1. The average Bonchev–Trinajstić information content (AvgIpc) is 2.32. The van der Waals surface area contributed by atoms with E-state index in [4.69, 9.17) is 5.73 Å². The Labute approximate surface area is 104 Å². The first kappa shape index (κ1) is 14.4. The van der Waals surface area contributed by atoms with Crippen LogP contribution in [0.5, 0.6) is 0 Å². The van der Waals surface area contributed by atoms with Crippen LogP contribution in [0.25, 0.3) is 0 Å². The van der Waals surface area contributed by atoms with E-state index in [9.17, 15) is 19.4 Å². The first-order valence-electron chi connectivity index (χ1n) is 5.46. The Morgan fingerprint density at radius 1 is 1.50 bits per heavy atom.